The minimum atomic E-state index is -4.56. The average molecular weight is 272 g/mol. The second kappa shape index (κ2) is 3.64. The van der Waals surface area contributed by atoms with Crippen LogP contribution in [0.2, 0.25) is 0 Å². The van der Waals surface area contributed by atoms with Gasteiger partial charge in [-0.3, -0.25) is 9.78 Å². The van der Waals surface area contributed by atoms with Gasteiger partial charge in [-0.25, -0.2) is 0 Å². The van der Waals surface area contributed by atoms with Gasteiger partial charge in [0, 0.05) is 0 Å². The molecular formula is C7H5BrF3NO2. The quantitative estimate of drug-likeness (QED) is 0.851. The number of ether oxygens (including phenoxy) is 1. The third-order valence-electron chi connectivity index (χ3n) is 1.47. The molecule has 1 aromatic heterocycles. The Bertz CT molecular complexity index is 399. The summed E-state index contributed by atoms with van der Waals surface area (Å²) in [7, 11) is 1.05. The SMILES string of the molecule is COc1[nH]c(=O)c(Br)cc1C(F)(F)F. The summed E-state index contributed by atoms with van der Waals surface area (Å²) in [6.45, 7) is 0. The lowest BCUT2D eigenvalue weighted by molar-refractivity contribution is -0.139. The van der Waals surface area contributed by atoms with E-state index >= 15 is 0 Å². The molecule has 1 N–H and O–H groups in total. The minimum absolute atomic E-state index is 0.189. The monoisotopic (exact) mass is 271 g/mol. The summed E-state index contributed by atoms with van der Waals surface area (Å²) in [5.41, 5.74) is -1.69. The zero-order valence-corrected chi connectivity index (χ0v) is 8.49. The topological polar surface area (TPSA) is 42.1 Å². The van der Waals surface area contributed by atoms with Crippen LogP contribution >= 0.6 is 15.9 Å². The average Bonchev–Trinajstić information content (AvgIpc) is 2.07. The number of hydrogen-bond donors (Lipinski definition) is 1. The first-order valence-corrected chi connectivity index (χ1v) is 4.19. The molecule has 0 aromatic carbocycles. The van der Waals surface area contributed by atoms with Crippen LogP contribution in [0, 0.1) is 0 Å². The van der Waals surface area contributed by atoms with Crippen molar-refractivity contribution in [3.8, 4) is 5.88 Å². The molecule has 1 aromatic rings. The number of hydrogen-bond acceptors (Lipinski definition) is 2. The van der Waals surface area contributed by atoms with Gasteiger partial charge in [0.1, 0.15) is 5.56 Å². The van der Waals surface area contributed by atoms with Gasteiger partial charge in [-0.2, -0.15) is 13.2 Å². The highest BCUT2D eigenvalue weighted by Crippen LogP contribution is 2.35. The summed E-state index contributed by atoms with van der Waals surface area (Å²) in [5, 5.41) is 0. The van der Waals surface area contributed by atoms with Crippen LogP contribution < -0.4 is 10.3 Å². The second-order valence-electron chi connectivity index (χ2n) is 2.39. The second-order valence-corrected chi connectivity index (χ2v) is 3.25. The Morgan fingerprint density at radius 2 is 2.07 bits per heavy atom. The molecule has 0 saturated carbocycles. The molecule has 14 heavy (non-hydrogen) atoms. The Hall–Kier alpha value is -0.980. The van der Waals surface area contributed by atoms with Crippen LogP contribution in [0.3, 0.4) is 0 Å². The number of aromatic amines is 1. The lowest BCUT2D eigenvalue weighted by atomic mass is 10.2. The molecule has 0 aliphatic heterocycles. The summed E-state index contributed by atoms with van der Waals surface area (Å²) in [5.74, 6) is -0.592. The summed E-state index contributed by atoms with van der Waals surface area (Å²) in [4.78, 5) is 12.9. The predicted octanol–water partition coefficient (Wildman–Crippen LogP) is 2.16. The molecule has 0 atom stereocenters. The summed E-state index contributed by atoms with van der Waals surface area (Å²) in [6, 6.07) is 0.678. The summed E-state index contributed by atoms with van der Waals surface area (Å²) < 4.78 is 41.2. The van der Waals surface area contributed by atoms with Crippen molar-refractivity contribution >= 4 is 15.9 Å². The van der Waals surface area contributed by atoms with Gasteiger partial charge in [0.05, 0.1) is 11.6 Å². The van der Waals surface area contributed by atoms with Crippen LogP contribution in [0.5, 0.6) is 5.88 Å². The van der Waals surface area contributed by atoms with Gasteiger partial charge in [-0.15, -0.1) is 0 Å². The number of pyridine rings is 1. The number of halogens is 4. The molecule has 0 unspecified atom stereocenters. The van der Waals surface area contributed by atoms with Gasteiger partial charge in [-0.05, 0) is 22.0 Å². The molecule has 78 valence electrons. The van der Waals surface area contributed by atoms with E-state index in [1.165, 1.54) is 0 Å². The van der Waals surface area contributed by atoms with Crippen LogP contribution in [0.1, 0.15) is 5.56 Å². The maximum absolute atomic E-state index is 12.3. The molecule has 0 aliphatic rings. The Labute approximate surface area is 85.0 Å². The zero-order chi connectivity index (χ0) is 10.9. The lowest BCUT2D eigenvalue weighted by Crippen LogP contribution is -2.15. The molecule has 0 spiro atoms. The number of nitrogens with one attached hydrogen (secondary N) is 1. The van der Waals surface area contributed by atoms with Gasteiger partial charge in [-0.1, -0.05) is 0 Å². The van der Waals surface area contributed by atoms with E-state index in [4.69, 9.17) is 0 Å². The first-order chi connectivity index (χ1) is 6.36. The van der Waals surface area contributed by atoms with Crippen molar-refractivity contribution in [1.29, 1.82) is 0 Å². The highest BCUT2D eigenvalue weighted by molar-refractivity contribution is 9.10. The molecule has 1 heterocycles. The minimum Gasteiger partial charge on any atom is -0.482 e. The van der Waals surface area contributed by atoms with Gasteiger partial charge >= 0.3 is 6.18 Å². The van der Waals surface area contributed by atoms with Crippen LogP contribution in [0.25, 0.3) is 0 Å². The third-order valence-corrected chi connectivity index (χ3v) is 2.06. The molecule has 0 radical (unpaired) electrons. The Morgan fingerprint density at radius 1 is 1.50 bits per heavy atom. The highest BCUT2D eigenvalue weighted by Gasteiger charge is 2.35. The van der Waals surface area contributed by atoms with Gasteiger partial charge < -0.3 is 4.74 Å². The molecule has 0 bridgehead atoms. The largest absolute Gasteiger partial charge is 0.482 e. The van der Waals surface area contributed by atoms with Crippen LogP contribution in [0.15, 0.2) is 15.3 Å². The van der Waals surface area contributed by atoms with Gasteiger partial charge in [0.15, 0.2) is 0 Å². The van der Waals surface area contributed by atoms with Crippen LogP contribution in [-0.4, -0.2) is 12.1 Å². The number of aromatic nitrogens is 1. The number of H-pyrrole nitrogens is 1. The standard InChI is InChI=1S/C7H5BrF3NO2/c1-14-6-3(7(9,10)11)2-4(8)5(13)12-6/h2H,1H3,(H,12,13). The van der Waals surface area contributed by atoms with Crippen molar-refractivity contribution < 1.29 is 17.9 Å². The van der Waals surface area contributed by atoms with Crippen molar-refractivity contribution in [2.45, 2.75) is 6.18 Å². The molecule has 1 rings (SSSR count). The predicted molar refractivity (Wildman–Crippen MR) is 46.3 cm³/mol. The van der Waals surface area contributed by atoms with Crippen LogP contribution in [-0.2, 0) is 6.18 Å². The van der Waals surface area contributed by atoms with E-state index < -0.39 is 23.2 Å². The fourth-order valence-corrected chi connectivity index (χ4v) is 1.19. The van der Waals surface area contributed by atoms with E-state index in [9.17, 15) is 18.0 Å². The van der Waals surface area contributed by atoms with Crippen molar-refractivity contribution in [2.75, 3.05) is 7.11 Å². The molecule has 7 heteroatoms. The van der Waals surface area contributed by atoms with Crippen molar-refractivity contribution in [3.63, 3.8) is 0 Å². The Morgan fingerprint density at radius 3 is 2.50 bits per heavy atom. The summed E-state index contributed by atoms with van der Waals surface area (Å²) in [6.07, 6.45) is -4.56. The maximum atomic E-state index is 12.3. The lowest BCUT2D eigenvalue weighted by Gasteiger charge is -2.10. The molecule has 0 amide bonds. The molecule has 0 saturated heterocycles. The van der Waals surface area contributed by atoms with Crippen molar-refractivity contribution in [2.24, 2.45) is 0 Å². The van der Waals surface area contributed by atoms with E-state index in [1.807, 2.05) is 4.98 Å². The smallest absolute Gasteiger partial charge is 0.421 e. The molecular weight excluding hydrogens is 267 g/mol. The van der Waals surface area contributed by atoms with E-state index in [-0.39, 0.29) is 4.47 Å². The highest BCUT2D eigenvalue weighted by atomic mass is 79.9. The van der Waals surface area contributed by atoms with Gasteiger partial charge in [0.2, 0.25) is 5.88 Å². The fraction of sp³-hybridized carbons (Fsp3) is 0.286. The van der Waals surface area contributed by atoms with Crippen molar-refractivity contribution in [1.82, 2.24) is 4.98 Å². The molecule has 0 fully saturated rings. The zero-order valence-electron chi connectivity index (χ0n) is 6.91. The summed E-state index contributed by atoms with van der Waals surface area (Å²) >= 11 is 2.70. The molecule has 0 aliphatic carbocycles. The Kier molecular flexibility index (Phi) is 2.89. The number of alkyl halides is 3. The number of methoxy groups -OCH3 is 1. The van der Waals surface area contributed by atoms with E-state index in [1.54, 1.807) is 0 Å². The maximum Gasteiger partial charge on any atom is 0.421 e. The fourth-order valence-electron chi connectivity index (χ4n) is 0.860. The van der Waals surface area contributed by atoms with Crippen molar-refractivity contribution in [3.05, 3.63) is 26.5 Å². The first-order valence-electron chi connectivity index (χ1n) is 3.40. The van der Waals surface area contributed by atoms with Gasteiger partial charge in [0.25, 0.3) is 5.56 Å². The first kappa shape index (κ1) is 11.1. The Balaban J connectivity index is 3.43. The molecule has 3 nitrogen and oxygen atoms in total. The van der Waals surface area contributed by atoms with E-state index in [0.717, 1.165) is 7.11 Å². The van der Waals surface area contributed by atoms with Crippen LogP contribution in [0.4, 0.5) is 13.2 Å². The number of rotatable bonds is 1. The normalized spacial score (nSPS) is 11.5. The van der Waals surface area contributed by atoms with E-state index in [0.29, 0.717) is 6.07 Å². The van der Waals surface area contributed by atoms with E-state index in [2.05, 4.69) is 20.7 Å². The third kappa shape index (κ3) is 2.09.